The van der Waals surface area contributed by atoms with Gasteiger partial charge in [-0.05, 0) is 24.6 Å². The molecule has 0 spiro atoms. The molecule has 0 atom stereocenters. The second-order valence-electron chi connectivity index (χ2n) is 3.73. The Balaban J connectivity index is 3.06. The zero-order chi connectivity index (χ0) is 12.8. The number of ether oxygens (including phenoxy) is 1. The lowest BCUT2D eigenvalue weighted by atomic mass is 10.1. The van der Waals surface area contributed by atoms with Crippen molar-refractivity contribution in [2.24, 2.45) is 0 Å². The van der Waals surface area contributed by atoms with E-state index in [4.69, 9.17) is 4.74 Å². The highest BCUT2D eigenvalue weighted by Crippen LogP contribution is 2.17. The number of hydrogen-bond acceptors (Lipinski definition) is 3. The summed E-state index contributed by atoms with van der Waals surface area (Å²) in [7, 11) is 3.62. The average Bonchev–Trinajstić information content (AvgIpc) is 2.27. The first kappa shape index (κ1) is 13.2. The molecule has 4 heteroatoms. The van der Waals surface area contributed by atoms with Crippen molar-refractivity contribution >= 4 is 11.5 Å². The van der Waals surface area contributed by atoms with E-state index in [-0.39, 0.29) is 5.82 Å². The molecular formula is C13H16FNO2. The van der Waals surface area contributed by atoms with E-state index in [2.05, 4.69) is 0 Å². The first-order valence-corrected chi connectivity index (χ1v) is 5.36. The summed E-state index contributed by atoms with van der Waals surface area (Å²) in [5.74, 6) is -0.741. The van der Waals surface area contributed by atoms with Gasteiger partial charge in [0.25, 0.3) is 0 Å². The van der Waals surface area contributed by atoms with E-state index in [1.54, 1.807) is 30.2 Å². The van der Waals surface area contributed by atoms with Crippen LogP contribution in [-0.2, 0) is 9.53 Å². The summed E-state index contributed by atoms with van der Waals surface area (Å²) in [6.07, 6.45) is 1.66. The van der Waals surface area contributed by atoms with Crippen molar-refractivity contribution in [3.8, 4) is 0 Å². The molecule has 0 saturated carbocycles. The quantitative estimate of drug-likeness (QED) is 0.594. The van der Waals surface area contributed by atoms with Crippen LogP contribution in [0.25, 0.3) is 5.57 Å². The molecule has 1 aromatic rings. The van der Waals surface area contributed by atoms with Gasteiger partial charge in [-0.2, -0.15) is 0 Å². The largest absolute Gasteiger partial charge is 0.462 e. The smallest absolute Gasteiger partial charge is 0.340 e. The van der Waals surface area contributed by atoms with Crippen LogP contribution in [0, 0.1) is 5.82 Å². The maximum atomic E-state index is 12.8. The number of hydrogen-bond donors (Lipinski definition) is 0. The van der Waals surface area contributed by atoms with Gasteiger partial charge in [-0.25, -0.2) is 9.18 Å². The minimum Gasteiger partial charge on any atom is -0.462 e. The lowest BCUT2D eigenvalue weighted by Crippen LogP contribution is -2.11. The average molecular weight is 237 g/mol. The minimum atomic E-state index is -0.409. The van der Waals surface area contributed by atoms with Crippen LogP contribution < -0.4 is 0 Å². The van der Waals surface area contributed by atoms with Crippen LogP contribution in [0.2, 0.25) is 0 Å². The zero-order valence-corrected chi connectivity index (χ0v) is 10.2. The van der Waals surface area contributed by atoms with E-state index in [0.29, 0.717) is 17.7 Å². The molecule has 0 saturated heterocycles. The maximum absolute atomic E-state index is 12.8. The molecule has 0 N–H and O–H groups in total. The number of nitrogens with zero attached hydrogens (tertiary/aromatic N) is 1. The van der Waals surface area contributed by atoms with Gasteiger partial charge in [-0.1, -0.05) is 12.1 Å². The van der Waals surface area contributed by atoms with Gasteiger partial charge in [0.05, 0.1) is 12.2 Å². The molecule has 3 nitrogen and oxygen atoms in total. The van der Waals surface area contributed by atoms with Crippen LogP contribution >= 0.6 is 0 Å². The van der Waals surface area contributed by atoms with E-state index in [1.165, 1.54) is 12.1 Å². The summed E-state index contributed by atoms with van der Waals surface area (Å²) in [5, 5.41) is 0. The van der Waals surface area contributed by atoms with Gasteiger partial charge >= 0.3 is 5.97 Å². The normalized spacial score (nSPS) is 11.2. The molecule has 1 aromatic carbocycles. The number of carbonyl (C=O) groups is 1. The molecule has 0 aliphatic carbocycles. The fourth-order valence-corrected chi connectivity index (χ4v) is 1.34. The van der Waals surface area contributed by atoms with Gasteiger partial charge in [-0.15, -0.1) is 0 Å². The highest BCUT2D eigenvalue weighted by atomic mass is 19.1. The third kappa shape index (κ3) is 3.90. The topological polar surface area (TPSA) is 29.5 Å². The Bertz CT molecular complexity index is 410. The molecule has 1 rings (SSSR count). The fraction of sp³-hybridized carbons (Fsp3) is 0.308. The van der Waals surface area contributed by atoms with Crippen LogP contribution in [0.15, 0.2) is 30.5 Å². The Morgan fingerprint density at radius 1 is 1.35 bits per heavy atom. The van der Waals surface area contributed by atoms with Gasteiger partial charge < -0.3 is 9.64 Å². The van der Waals surface area contributed by atoms with Crippen molar-refractivity contribution in [2.75, 3.05) is 20.7 Å². The highest BCUT2D eigenvalue weighted by Gasteiger charge is 2.13. The van der Waals surface area contributed by atoms with Crippen molar-refractivity contribution in [3.05, 3.63) is 41.8 Å². The number of carbonyl (C=O) groups excluding carboxylic acids is 1. The zero-order valence-electron chi connectivity index (χ0n) is 10.2. The number of halogens is 1. The van der Waals surface area contributed by atoms with E-state index < -0.39 is 5.97 Å². The molecule has 92 valence electrons. The molecule has 0 aliphatic rings. The van der Waals surface area contributed by atoms with Crippen LogP contribution in [0.3, 0.4) is 0 Å². The fourth-order valence-electron chi connectivity index (χ4n) is 1.34. The molecule has 0 bridgehead atoms. The van der Waals surface area contributed by atoms with Crippen molar-refractivity contribution in [3.63, 3.8) is 0 Å². The molecule has 0 aliphatic heterocycles. The van der Waals surface area contributed by atoms with Crippen molar-refractivity contribution in [2.45, 2.75) is 6.92 Å². The molecular weight excluding hydrogens is 221 g/mol. The van der Waals surface area contributed by atoms with E-state index >= 15 is 0 Å². The van der Waals surface area contributed by atoms with Crippen LogP contribution in [0.1, 0.15) is 12.5 Å². The third-order valence-corrected chi connectivity index (χ3v) is 2.04. The summed E-state index contributed by atoms with van der Waals surface area (Å²) in [4.78, 5) is 13.5. The number of esters is 1. The summed E-state index contributed by atoms with van der Waals surface area (Å²) >= 11 is 0. The summed E-state index contributed by atoms with van der Waals surface area (Å²) in [5.41, 5.74) is 1.05. The van der Waals surface area contributed by atoms with Crippen molar-refractivity contribution in [1.82, 2.24) is 4.90 Å². The lowest BCUT2D eigenvalue weighted by molar-refractivity contribution is -0.136. The SMILES string of the molecule is CCOC(=O)/C(=C/N(C)C)c1ccc(F)cc1. The van der Waals surface area contributed by atoms with Crippen LogP contribution in [-0.4, -0.2) is 31.6 Å². The van der Waals surface area contributed by atoms with Crippen molar-refractivity contribution < 1.29 is 13.9 Å². The molecule has 0 amide bonds. The Morgan fingerprint density at radius 3 is 2.41 bits per heavy atom. The van der Waals surface area contributed by atoms with Gasteiger partial charge in [0, 0.05) is 20.3 Å². The Morgan fingerprint density at radius 2 is 1.94 bits per heavy atom. The predicted octanol–water partition coefficient (Wildman–Crippen LogP) is 2.29. The molecule has 0 unspecified atom stereocenters. The monoisotopic (exact) mass is 237 g/mol. The number of benzene rings is 1. The van der Waals surface area contributed by atoms with Gasteiger partial charge in [0.1, 0.15) is 5.82 Å². The minimum absolute atomic E-state index is 0.310. The molecule has 0 radical (unpaired) electrons. The van der Waals surface area contributed by atoms with Gasteiger partial charge in [0.15, 0.2) is 0 Å². The first-order valence-electron chi connectivity index (χ1n) is 5.36. The van der Waals surface area contributed by atoms with Crippen LogP contribution in [0.5, 0.6) is 0 Å². The number of rotatable bonds is 4. The highest BCUT2D eigenvalue weighted by molar-refractivity contribution is 6.16. The van der Waals surface area contributed by atoms with Crippen LogP contribution in [0.4, 0.5) is 4.39 Å². The van der Waals surface area contributed by atoms with E-state index in [0.717, 1.165) is 0 Å². The standard InChI is InChI=1S/C13H16FNO2/c1-4-17-13(16)12(9-15(2)3)10-5-7-11(14)8-6-10/h5-9H,4H2,1-3H3/b12-9+. The maximum Gasteiger partial charge on any atom is 0.340 e. The second kappa shape index (κ2) is 6.03. The predicted molar refractivity (Wildman–Crippen MR) is 64.7 cm³/mol. The molecule has 0 fully saturated rings. The first-order chi connectivity index (χ1) is 8.04. The van der Waals surface area contributed by atoms with E-state index in [1.807, 2.05) is 14.1 Å². The lowest BCUT2D eigenvalue weighted by Gasteiger charge is -2.11. The Hall–Kier alpha value is -1.84. The molecule has 0 heterocycles. The Kier molecular flexibility index (Phi) is 4.69. The molecule has 17 heavy (non-hydrogen) atoms. The summed E-state index contributed by atoms with van der Waals surface area (Å²) in [6.45, 7) is 2.06. The van der Waals surface area contributed by atoms with Gasteiger partial charge in [0.2, 0.25) is 0 Å². The van der Waals surface area contributed by atoms with Crippen molar-refractivity contribution in [1.29, 1.82) is 0 Å². The third-order valence-electron chi connectivity index (χ3n) is 2.04. The Labute approximate surface area is 100 Å². The summed E-state index contributed by atoms with van der Waals surface area (Å²) < 4.78 is 17.8. The molecule has 0 aromatic heterocycles. The van der Waals surface area contributed by atoms with E-state index in [9.17, 15) is 9.18 Å². The second-order valence-corrected chi connectivity index (χ2v) is 3.73. The van der Waals surface area contributed by atoms with Gasteiger partial charge in [-0.3, -0.25) is 0 Å². The summed E-state index contributed by atoms with van der Waals surface area (Å²) in [6, 6.07) is 5.75.